The molecule has 1 amide bonds. The highest BCUT2D eigenvalue weighted by Crippen LogP contribution is 2.43. The van der Waals surface area contributed by atoms with Gasteiger partial charge in [-0.15, -0.1) is 0 Å². The zero-order valence-corrected chi connectivity index (χ0v) is 15.6. The Labute approximate surface area is 157 Å². The second-order valence-corrected chi connectivity index (χ2v) is 8.08. The second-order valence-electron chi connectivity index (χ2n) is 8.08. The van der Waals surface area contributed by atoms with Gasteiger partial charge in [0, 0.05) is 30.0 Å². The normalized spacial score (nSPS) is 24.0. The summed E-state index contributed by atoms with van der Waals surface area (Å²) in [6.07, 6.45) is 4.27. The van der Waals surface area contributed by atoms with Crippen molar-refractivity contribution in [1.82, 2.24) is 9.88 Å². The predicted molar refractivity (Wildman–Crippen MR) is 102 cm³/mol. The molecule has 0 aliphatic carbocycles. The summed E-state index contributed by atoms with van der Waals surface area (Å²) in [5, 5.41) is 0. The number of benzene rings is 1. The maximum atomic E-state index is 13.4. The van der Waals surface area contributed by atoms with Gasteiger partial charge in [0.1, 0.15) is 5.82 Å². The van der Waals surface area contributed by atoms with Crippen molar-refractivity contribution in [1.29, 1.82) is 0 Å². The molecule has 1 N–H and O–H groups in total. The number of anilines is 1. The van der Waals surface area contributed by atoms with Crippen LogP contribution in [0, 0.1) is 5.82 Å². The Kier molecular flexibility index (Phi) is 4.29. The third-order valence-electron chi connectivity index (χ3n) is 5.83. The maximum absolute atomic E-state index is 13.4. The predicted octanol–water partition coefficient (Wildman–Crippen LogP) is 3.18. The van der Waals surface area contributed by atoms with E-state index in [1.54, 1.807) is 6.07 Å². The van der Waals surface area contributed by atoms with E-state index in [-0.39, 0.29) is 34.9 Å². The Hall–Kier alpha value is -2.63. The number of pyridine rings is 1. The number of piperidine rings is 1. The fourth-order valence-corrected chi connectivity index (χ4v) is 4.75. The standard InChI is InChI=1S/C21H24FN3O2/c1-21(2)12-18-17(25(21)16-8-6-15(22)7-9-16)4-3-11-24(18)20(27)14-5-10-19(26)23-13-14/h5-10,13,17-18H,3-4,11-12H2,1-2H3,(H,23,26)/t17-,18-/m0/s1. The van der Waals surface area contributed by atoms with E-state index < -0.39 is 0 Å². The van der Waals surface area contributed by atoms with Gasteiger partial charge in [-0.2, -0.15) is 0 Å². The average molecular weight is 369 g/mol. The summed E-state index contributed by atoms with van der Waals surface area (Å²) in [6, 6.07) is 9.89. The smallest absolute Gasteiger partial charge is 0.255 e. The van der Waals surface area contributed by atoms with Crippen molar-refractivity contribution in [2.75, 3.05) is 11.4 Å². The summed E-state index contributed by atoms with van der Waals surface area (Å²) in [6.45, 7) is 5.07. The van der Waals surface area contributed by atoms with Gasteiger partial charge in [-0.05, 0) is 63.4 Å². The minimum Gasteiger partial charge on any atom is -0.361 e. The lowest BCUT2D eigenvalue weighted by atomic mass is 9.93. The molecule has 0 bridgehead atoms. The number of amides is 1. The molecule has 1 aromatic heterocycles. The first kappa shape index (κ1) is 17.8. The Balaban J connectivity index is 1.65. The highest BCUT2D eigenvalue weighted by Gasteiger charge is 2.50. The quantitative estimate of drug-likeness (QED) is 0.885. The summed E-state index contributed by atoms with van der Waals surface area (Å²) in [4.78, 5) is 31.3. The lowest BCUT2D eigenvalue weighted by Crippen LogP contribution is -2.53. The molecular weight excluding hydrogens is 345 g/mol. The van der Waals surface area contributed by atoms with Crippen LogP contribution in [0.1, 0.15) is 43.5 Å². The van der Waals surface area contributed by atoms with Crippen LogP contribution in [-0.2, 0) is 0 Å². The van der Waals surface area contributed by atoms with Crippen LogP contribution >= 0.6 is 0 Å². The van der Waals surface area contributed by atoms with E-state index in [1.807, 2.05) is 17.0 Å². The molecule has 5 nitrogen and oxygen atoms in total. The van der Waals surface area contributed by atoms with Crippen molar-refractivity contribution in [3.8, 4) is 0 Å². The van der Waals surface area contributed by atoms with Crippen LogP contribution in [0.3, 0.4) is 0 Å². The van der Waals surface area contributed by atoms with Gasteiger partial charge in [0.15, 0.2) is 0 Å². The summed E-state index contributed by atoms with van der Waals surface area (Å²) in [7, 11) is 0. The largest absolute Gasteiger partial charge is 0.361 e. The third-order valence-corrected chi connectivity index (χ3v) is 5.83. The van der Waals surface area contributed by atoms with Crippen molar-refractivity contribution in [2.45, 2.75) is 50.7 Å². The van der Waals surface area contributed by atoms with Crippen LogP contribution in [0.2, 0.25) is 0 Å². The van der Waals surface area contributed by atoms with Crippen LogP contribution in [0.25, 0.3) is 0 Å². The number of halogens is 1. The molecule has 2 aromatic rings. The lowest BCUT2D eigenvalue weighted by molar-refractivity contribution is 0.0605. The number of nitrogens with zero attached hydrogens (tertiary/aromatic N) is 2. The molecule has 0 unspecified atom stereocenters. The number of rotatable bonds is 2. The van der Waals surface area contributed by atoms with Gasteiger partial charge in [0.2, 0.25) is 5.56 Å². The van der Waals surface area contributed by atoms with E-state index in [9.17, 15) is 14.0 Å². The van der Waals surface area contributed by atoms with Gasteiger partial charge in [-0.25, -0.2) is 4.39 Å². The van der Waals surface area contributed by atoms with Crippen LogP contribution in [-0.4, -0.2) is 40.0 Å². The number of fused-ring (bicyclic) bond motifs is 1. The summed E-state index contributed by atoms with van der Waals surface area (Å²) in [5.41, 5.74) is 1.15. The maximum Gasteiger partial charge on any atom is 0.255 e. The molecule has 4 rings (SSSR count). The zero-order valence-electron chi connectivity index (χ0n) is 15.6. The van der Waals surface area contributed by atoms with Gasteiger partial charge >= 0.3 is 0 Å². The van der Waals surface area contributed by atoms with Gasteiger partial charge in [-0.3, -0.25) is 9.59 Å². The van der Waals surface area contributed by atoms with E-state index >= 15 is 0 Å². The molecule has 3 heterocycles. The molecule has 2 aliphatic rings. The van der Waals surface area contributed by atoms with Gasteiger partial charge < -0.3 is 14.8 Å². The molecule has 0 spiro atoms. The Bertz CT molecular complexity index is 886. The van der Waals surface area contributed by atoms with E-state index in [4.69, 9.17) is 0 Å². The lowest BCUT2D eigenvalue weighted by Gasteiger charge is -2.42. The highest BCUT2D eigenvalue weighted by molar-refractivity contribution is 5.94. The van der Waals surface area contributed by atoms with Crippen molar-refractivity contribution >= 4 is 11.6 Å². The molecule has 0 radical (unpaired) electrons. The first-order chi connectivity index (χ1) is 12.9. The van der Waals surface area contributed by atoms with Crippen LogP contribution in [0.4, 0.5) is 10.1 Å². The fraction of sp³-hybridized carbons (Fsp3) is 0.429. The van der Waals surface area contributed by atoms with Gasteiger partial charge in [0.25, 0.3) is 5.91 Å². The van der Waals surface area contributed by atoms with E-state index in [2.05, 4.69) is 23.7 Å². The van der Waals surface area contributed by atoms with Crippen molar-refractivity contribution in [3.63, 3.8) is 0 Å². The number of aromatic amines is 1. The molecule has 2 saturated heterocycles. The molecule has 2 aliphatic heterocycles. The second kappa shape index (κ2) is 6.51. The minimum atomic E-state index is -0.245. The van der Waals surface area contributed by atoms with Gasteiger partial charge in [-0.1, -0.05) is 0 Å². The fourth-order valence-electron chi connectivity index (χ4n) is 4.75. The Morgan fingerprint density at radius 1 is 1.15 bits per heavy atom. The Morgan fingerprint density at radius 3 is 2.56 bits per heavy atom. The van der Waals surface area contributed by atoms with Gasteiger partial charge in [0.05, 0.1) is 17.6 Å². The zero-order chi connectivity index (χ0) is 19.2. The number of aromatic nitrogens is 1. The average Bonchev–Trinajstić information content (AvgIpc) is 2.92. The number of nitrogens with one attached hydrogen (secondary N) is 1. The van der Waals surface area contributed by atoms with Crippen LogP contribution < -0.4 is 10.5 Å². The molecule has 27 heavy (non-hydrogen) atoms. The number of hydrogen-bond donors (Lipinski definition) is 1. The first-order valence-electron chi connectivity index (χ1n) is 9.41. The summed E-state index contributed by atoms with van der Waals surface area (Å²) in [5.74, 6) is -0.288. The number of hydrogen-bond acceptors (Lipinski definition) is 3. The number of carbonyl (C=O) groups is 1. The van der Waals surface area contributed by atoms with Crippen molar-refractivity contribution in [3.05, 3.63) is 64.3 Å². The van der Waals surface area contributed by atoms with Crippen molar-refractivity contribution in [2.24, 2.45) is 0 Å². The number of H-pyrrole nitrogens is 1. The van der Waals surface area contributed by atoms with Crippen LogP contribution in [0.5, 0.6) is 0 Å². The molecule has 1 aromatic carbocycles. The van der Waals surface area contributed by atoms with E-state index in [0.717, 1.165) is 24.9 Å². The summed E-state index contributed by atoms with van der Waals surface area (Å²) < 4.78 is 13.4. The summed E-state index contributed by atoms with van der Waals surface area (Å²) >= 11 is 0. The monoisotopic (exact) mass is 369 g/mol. The minimum absolute atomic E-state index is 0.0438. The topological polar surface area (TPSA) is 56.4 Å². The SMILES string of the molecule is CC1(C)C[C@H]2[C@H](CCCN2C(=O)c2ccc(=O)[nH]c2)N1c1ccc(F)cc1. The number of carbonyl (C=O) groups excluding carboxylic acids is 1. The number of likely N-dealkylation sites (tertiary alicyclic amines) is 1. The molecule has 0 saturated carbocycles. The first-order valence-corrected chi connectivity index (χ1v) is 9.41. The Morgan fingerprint density at radius 2 is 1.89 bits per heavy atom. The molecule has 142 valence electrons. The van der Waals surface area contributed by atoms with E-state index in [1.165, 1.54) is 24.4 Å². The molecule has 2 fully saturated rings. The molecule has 2 atom stereocenters. The third kappa shape index (κ3) is 3.13. The molecular formula is C21H24FN3O2. The van der Waals surface area contributed by atoms with Crippen LogP contribution in [0.15, 0.2) is 47.4 Å². The molecule has 6 heteroatoms. The van der Waals surface area contributed by atoms with E-state index in [0.29, 0.717) is 12.1 Å². The highest BCUT2D eigenvalue weighted by atomic mass is 19.1. The van der Waals surface area contributed by atoms with Crippen molar-refractivity contribution < 1.29 is 9.18 Å².